The summed E-state index contributed by atoms with van der Waals surface area (Å²) < 4.78 is 7.51. The summed E-state index contributed by atoms with van der Waals surface area (Å²) in [4.78, 5) is 31.1. The Kier molecular flexibility index (Phi) is 9.30. The van der Waals surface area contributed by atoms with Crippen LogP contribution in [-0.4, -0.2) is 51.5 Å². The van der Waals surface area contributed by atoms with Crippen LogP contribution in [0.5, 0.6) is 5.75 Å². The quantitative estimate of drug-likeness (QED) is 0.192. The van der Waals surface area contributed by atoms with Crippen molar-refractivity contribution in [3.05, 3.63) is 82.9 Å². The lowest BCUT2D eigenvalue weighted by Crippen LogP contribution is -2.32. The van der Waals surface area contributed by atoms with Gasteiger partial charge in [-0.15, -0.1) is 5.10 Å². The van der Waals surface area contributed by atoms with Gasteiger partial charge >= 0.3 is 0 Å². The van der Waals surface area contributed by atoms with Crippen LogP contribution in [0.25, 0.3) is 16.8 Å². The number of pyridine rings is 1. The molecule has 1 aliphatic carbocycles. The van der Waals surface area contributed by atoms with Crippen LogP contribution in [0.2, 0.25) is 0 Å². The molecule has 0 atom stereocenters. The van der Waals surface area contributed by atoms with E-state index >= 15 is 0 Å². The van der Waals surface area contributed by atoms with Gasteiger partial charge in [-0.25, -0.2) is 4.68 Å². The number of carbonyl (C=O) groups is 2. The fourth-order valence-corrected chi connectivity index (χ4v) is 4.97. The molecule has 1 saturated carbocycles. The third kappa shape index (κ3) is 7.98. The highest BCUT2D eigenvalue weighted by Crippen LogP contribution is 2.35. The second-order valence-corrected chi connectivity index (χ2v) is 14.3. The van der Waals surface area contributed by atoms with Crippen molar-refractivity contribution in [2.24, 2.45) is 5.41 Å². The molecule has 0 saturated heterocycles. The molecule has 0 bridgehead atoms. The minimum Gasteiger partial charge on any atom is -0.494 e. The molecule has 0 aliphatic heterocycles. The van der Waals surface area contributed by atoms with Crippen LogP contribution in [0, 0.1) is 12.3 Å². The van der Waals surface area contributed by atoms with E-state index in [4.69, 9.17) is 4.74 Å². The molecule has 10 heteroatoms. The van der Waals surface area contributed by atoms with Crippen LogP contribution >= 0.6 is 0 Å². The van der Waals surface area contributed by atoms with E-state index in [-0.39, 0.29) is 22.6 Å². The van der Waals surface area contributed by atoms with Crippen molar-refractivity contribution >= 4 is 17.5 Å². The Bertz CT molecular complexity index is 1730. The number of aryl methyl sites for hydroxylation is 1. The summed E-state index contributed by atoms with van der Waals surface area (Å²) in [6.45, 7) is 15.7. The molecule has 0 unspecified atom stereocenters. The zero-order chi connectivity index (χ0) is 33.2. The molecule has 1 aliphatic rings. The highest BCUT2D eigenvalue weighted by atomic mass is 16.5. The van der Waals surface area contributed by atoms with E-state index in [2.05, 4.69) is 72.8 Å². The number of aromatic nitrogens is 4. The van der Waals surface area contributed by atoms with Crippen molar-refractivity contribution in [2.75, 3.05) is 19.0 Å². The fraction of sp³-hybridized carbons (Fsp3) is 0.417. The van der Waals surface area contributed by atoms with Gasteiger partial charge in [0.1, 0.15) is 5.69 Å². The molecule has 2 heterocycles. The number of amides is 2. The Morgan fingerprint density at radius 3 is 2.35 bits per heavy atom. The first-order chi connectivity index (χ1) is 21.7. The number of ether oxygens (including phenoxy) is 1. The molecule has 2 aromatic heterocycles. The summed E-state index contributed by atoms with van der Waals surface area (Å²) in [6, 6.07) is 13.7. The van der Waals surface area contributed by atoms with Crippen LogP contribution in [0.15, 0.2) is 54.9 Å². The second kappa shape index (κ2) is 13.0. The van der Waals surface area contributed by atoms with Gasteiger partial charge in [-0.1, -0.05) is 58.9 Å². The van der Waals surface area contributed by atoms with E-state index in [0.29, 0.717) is 47.4 Å². The predicted molar refractivity (Wildman–Crippen MR) is 181 cm³/mol. The number of anilines is 1. The molecule has 0 radical (unpaired) electrons. The zero-order valence-corrected chi connectivity index (χ0v) is 28.1. The third-order valence-corrected chi connectivity index (χ3v) is 7.90. The van der Waals surface area contributed by atoms with Gasteiger partial charge in [0.05, 0.1) is 36.4 Å². The number of carbonyl (C=O) groups excluding carboxylic acids is 2. The SMILES string of the molecule is COc1c(C(=O)Nc2cnc(C)c(-c3ccc(C(=O)NCC(C)(C)C)cc3)c2)cc(C(C)(C)C)cc1-n1cc(CNC2CC2)nn1. The maximum atomic E-state index is 13.9. The number of benzene rings is 2. The minimum absolute atomic E-state index is 0.00437. The van der Waals surface area contributed by atoms with Crippen molar-refractivity contribution in [1.29, 1.82) is 0 Å². The van der Waals surface area contributed by atoms with E-state index in [0.717, 1.165) is 28.1 Å². The first-order valence-corrected chi connectivity index (χ1v) is 15.8. The normalized spacial score (nSPS) is 13.4. The summed E-state index contributed by atoms with van der Waals surface area (Å²) in [5.74, 6) is -0.0414. The van der Waals surface area contributed by atoms with Gasteiger partial charge in [0, 0.05) is 36.0 Å². The summed E-state index contributed by atoms with van der Waals surface area (Å²) in [5.41, 5.74) is 6.21. The number of hydrogen-bond acceptors (Lipinski definition) is 7. The van der Waals surface area contributed by atoms with Gasteiger partial charge in [0.25, 0.3) is 11.8 Å². The molecule has 0 spiro atoms. The topological polar surface area (TPSA) is 123 Å². The van der Waals surface area contributed by atoms with Crippen molar-refractivity contribution in [2.45, 2.75) is 79.3 Å². The number of rotatable bonds is 10. The van der Waals surface area contributed by atoms with Crippen molar-refractivity contribution in [3.8, 4) is 22.6 Å². The monoisotopic (exact) mass is 623 g/mol. The molecule has 242 valence electrons. The average molecular weight is 624 g/mol. The summed E-state index contributed by atoms with van der Waals surface area (Å²) in [5, 5.41) is 18.2. The van der Waals surface area contributed by atoms with E-state index in [1.165, 1.54) is 12.8 Å². The second-order valence-electron chi connectivity index (χ2n) is 14.3. The van der Waals surface area contributed by atoms with Gasteiger partial charge in [-0.2, -0.15) is 0 Å². The Balaban J connectivity index is 1.41. The highest BCUT2D eigenvalue weighted by molar-refractivity contribution is 6.07. The molecule has 46 heavy (non-hydrogen) atoms. The maximum Gasteiger partial charge on any atom is 0.259 e. The van der Waals surface area contributed by atoms with Crippen LogP contribution in [0.1, 0.15) is 92.1 Å². The van der Waals surface area contributed by atoms with Gasteiger partial charge in [0.15, 0.2) is 5.75 Å². The Morgan fingerprint density at radius 2 is 1.72 bits per heavy atom. The predicted octanol–water partition coefficient (Wildman–Crippen LogP) is 6.22. The van der Waals surface area contributed by atoms with E-state index in [1.807, 2.05) is 43.5 Å². The number of nitrogens with zero attached hydrogens (tertiary/aromatic N) is 4. The number of nitrogens with one attached hydrogen (secondary N) is 3. The lowest BCUT2D eigenvalue weighted by molar-refractivity contribution is 0.0938. The lowest BCUT2D eigenvalue weighted by atomic mass is 9.85. The van der Waals surface area contributed by atoms with Crippen LogP contribution in [0.3, 0.4) is 0 Å². The largest absolute Gasteiger partial charge is 0.494 e. The molecule has 2 aromatic carbocycles. The molecular formula is C36H45N7O3. The Hall–Kier alpha value is -4.57. The van der Waals surface area contributed by atoms with Crippen LogP contribution in [-0.2, 0) is 12.0 Å². The summed E-state index contributed by atoms with van der Waals surface area (Å²) >= 11 is 0. The molecule has 10 nitrogen and oxygen atoms in total. The van der Waals surface area contributed by atoms with Crippen LogP contribution < -0.4 is 20.7 Å². The fourth-order valence-electron chi connectivity index (χ4n) is 4.97. The van der Waals surface area contributed by atoms with E-state index in [1.54, 1.807) is 30.1 Å². The number of methoxy groups -OCH3 is 1. The van der Waals surface area contributed by atoms with Crippen LogP contribution in [0.4, 0.5) is 5.69 Å². The standard InChI is InChI=1S/C36H45N7O3/c1-22-29(23-9-11-24(12-10-23)33(44)39-21-35(2,3)4)17-27(18-37-22)40-34(45)30-15-25(36(5,6)7)16-31(32(30)46-8)43-20-28(41-42-43)19-38-26-13-14-26/h9-12,15-18,20,26,38H,13-14,19,21H2,1-8H3,(H,39,44)(H,40,45). The van der Waals surface area contributed by atoms with Gasteiger partial charge in [0.2, 0.25) is 0 Å². The first kappa shape index (κ1) is 32.8. The van der Waals surface area contributed by atoms with Gasteiger partial charge < -0.3 is 20.7 Å². The molecule has 3 N–H and O–H groups in total. The molecule has 4 aromatic rings. The third-order valence-electron chi connectivity index (χ3n) is 7.90. The number of hydrogen-bond donors (Lipinski definition) is 3. The van der Waals surface area contributed by atoms with E-state index in [9.17, 15) is 9.59 Å². The first-order valence-electron chi connectivity index (χ1n) is 15.8. The van der Waals surface area contributed by atoms with E-state index < -0.39 is 0 Å². The van der Waals surface area contributed by atoms with Gasteiger partial charge in [-0.3, -0.25) is 14.6 Å². The van der Waals surface area contributed by atoms with Crippen molar-refractivity contribution in [3.63, 3.8) is 0 Å². The molecule has 2 amide bonds. The van der Waals surface area contributed by atoms with Crippen molar-refractivity contribution in [1.82, 2.24) is 30.6 Å². The molecular weight excluding hydrogens is 578 g/mol. The highest BCUT2D eigenvalue weighted by Gasteiger charge is 2.26. The Morgan fingerprint density at radius 1 is 1.00 bits per heavy atom. The summed E-state index contributed by atoms with van der Waals surface area (Å²) in [6.07, 6.45) is 5.89. The average Bonchev–Trinajstić information content (AvgIpc) is 3.73. The summed E-state index contributed by atoms with van der Waals surface area (Å²) in [7, 11) is 1.55. The Labute approximate surface area is 271 Å². The maximum absolute atomic E-state index is 13.9. The minimum atomic E-state index is -0.331. The van der Waals surface area contributed by atoms with Crippen molar-refractivity contribution < 1.29 is 14.3 Å². The smallest absolute Gasteiger partial charge is 0.259 e. The zero-order valence-electron chi connectivity index (χ0n) is 28.1. The lowest BCUT2D eigenvalue weighted by Gasteiger charge is -2.23. The van der Waals surface area contributed by atoms with Gasteiger partial charge in [-0.05, 0) is 72.1 Å². The molecule has 5 rings (SSSR count). The molecule has 1 fully saturated rings.